The number of carbonyl (C=O) groups is 1. The van der Waals surface area contributed by atoms with Crippen molar-refractivity contribution in [3.8, 4) is 11.4 Å². The summed E-state index contributed by atoms with van der Waals surface area (Å²) < 4.78 is 1.60. The van der Waals surface area contributed by atoms with E-state index in [0.717, 1.165) is 16.6 Å². The van der Waals surface area contributed by atoms with Crippen molar-refractivity contribution in [1.29, 1.82) is 0 Å². The molecular formula is C20H14ClN3O. The average Bonchev–Trinajstić information content (AvgIpc) is 3.04. The predicted octanol–water partition coefficient (Wildman–Crippen LogP) is 5.44. The lowest BCUT2D eigenvalue weighted by molar-refractivity contribution is 0.254. The smallest absolute Gasteiger partial charge is 0.307 e. The van der Waals surface area contributed by atoms with E-state index in [0.29, 0.717) is 16.5 Å². The molecule has 122 valence electrons. The third-order valence-electron chi connectivity index (χ3n) is 3.89. The molecular weight excluding hydrogens is 334 g/mol. The van der Waals surface area contributed by atoms with Gasteiger partial charge in [0.05, 0.1) is 11.0 Å². The van der Waals surface area contributed by atoms with Gasteiger partial charge in [-0.05, 0) is 36.4 Å². The molecule has 5 heteroatoms. The molecule has 1 N–H and O–H groups in total. The van der Waals surface area contributed by atoms with Crippen LogP contribution in [0.1, 0.15) is 0 Å². The van der Waals surface area contributed by atoms with Crippen LogP contribution in [0.15, 0.2) is 78.9 Å². The monoisotopic (exact) mass is 347 g/mol. The van der Waals surface area contributed by atoms with Crippen LogP contribution >= 0.6 is 11.6 Å². The maximum Gasteiger partial charge on any atom is 0.332 e. The molecule has 25 heavy (non-hydrogen) atoms. The Hall–Kier alpha value is -3.11. The number of benzene rings is 3. The van der Waals surface area contributed by atoms with E-state index < -0.39 is 0 Å². The fraction of sp³-hybridized carbons (Fsp3) is 0. The summed E-state index contributed by atoms with van der Waals surface area (Å²) in [7, 11) is 0. The summed E-state index contributed by atoms with van der Waals surface area (Å²) in [4.78, 5) is 17.6. The number of aromatic nitrogens is 2. The van der Waals surface area contributed by atoms with Crippen LogP contribution in [0, 0.1) is 0 Å². The van der Waals surface area contributed by atoms with Gasteiger partial charge in [0.2, 0.25) is 0 Å². The zero-order valence-electron chi connectivity index (χ0n) is 13.2. The van der Waals surface area contributed by atoms with Gasteiger partial charge in [0.1, 0.15) is 5.82 Å². The largest absolute Gasteiger partial charge is 0.332 e. The first-order valence-electron chi connectivity index (χ1n) is 7.82. The second kappa shape index (κ2) is 6.42. The van der Waals surface area contributed by atoms with Gasteiger partial charge < -0.3 is 5.32 Å². The molecule has 4 rings (SSSR count). The van der Waals surface area contributed by atoms with Crippen molar-refractivity contribution in [3.63, 3.8) is 0 Å². The first-order valence-corrected chi connectivity index (χ1v) is 8.20. The Kier molecular flexibility index (Phi) is 3.96. The molecule has 4 nitrogen and oxygen atoms in total. The number of rotatable bonds is 2. The Bertz CT molecular complexity index is 1040. The molecule has 1 aromatic heterocycles. The van der Waals surface area contributed by atoms with Gasteiger partial charge in [-0.2, -0.15) is 0 Å². The lowest BCUT2D eigenvalue weighted by Crippen LogP contribution is -2.20. The summed E-state index contributed by atoms with van der Waals surface area (Å²) in [6, 6.07) is 24.0. The van der Waals surface area contributed by atoms with E-state index in [9.17, 15) is 4.79 Å². The molecule has 0 radical (unpaired) electrons. The zero-order chi connectivity index (χ0) is 17.2. The quantitative estimate of drug-likeness (QED) is 0.525. The number of nitrogens with zero attached hydrogens (tertiary/aromatic N) is 2. The van der Waals surface area contributed by atoms with Gasteiger partial charge in [-0.3, -0.25) is 0 Å². The van der Waals surface area contributed by atoms with Gasteiger partial charge in [0, 0.05) is 16.3 Å². The minimum Gasteiger partial charge on any atom is -0.307 e. The average molecular weight is 348 g/mol. The number of amides is 1. The van der Waals surface area contributed by atoms with Crippen LogP contribution in [-0.2, 0) is 0 Å². The fourth-order valence-electron chi connectivity index (χ4n) is 2.73. The van der Waals surface area contributed by atoms with Crippen molar-refractivity contribution < 1.29 is 4.79 Å². The summed E-state index contributed by atoms with van der Waals surface area (Å²) in [5.74, 6) is 0.605. The van der Waals surface area contributed by atoms with Gasteiger partial charge in [-0.25, -0.2) is 14.3 Å². The third kappa shape index (κ3) is 2.99. The minimum atomic E-state index is -0.269. The van der Waals surface area contributed by atoms with E-state index in [4.69, 9.17) is 11.6 Å². The van der Waals surface area contributed by atoms with E-state index >= 15 is 0 Å². The summed E-state index contributed by atoms with van der Waals surface area (Å²) >= 11 is 5.90. The number of nitrogens with one attached hydrogen (secondary N) is 1. The summed E-state index contributed by atoms with van der Waals surface area (Å²) in [6.45, 7) is 0. The number of hydrogen-bond donors (Lipinski definition) is 1. The van der Waals surface area contributed by atoms with Crippen LogP contribution in [0.4, 0.5) is 10.5 Å². The predicted molar refractivity (Wildman–Crippen MR) is 101 cm³/mol. The van der Waals surface area contributed by atoms with Crippen molar-refractivity contribution in [3.05, 3.63) is 83.9 Å². The topological polar surface area (TPSA) is 46.9 Å². The van der Waals surface area contributed by atoms with Crippen LogP contribution < -0.4 is 5.32 Å². The third-order valence-corrected chi connectivity index (χ3v) is 4.14. The van der Waals surface area contributed by atoms with Crippen LogP contribution in [0.5, 0.6) is 0 Å². The van der Waals surface area contributed by atoms with Gasteiger partial charge in [-0.15, -0.1) is 0 Å². The summed E-state index contributed by atoms with van der Waals surface area (Å²) in [5.41, 5.74) is 3.08. The molecule has 0 saturated carbocycles. The van der Waals surface area contributed by atoms with E-state index in [1.54, 1.807) is 28.8 Å². The Labute approximate surface area is 149 Å². The number of para-hydroxylation sites is 2. The number of fused-ring (bicyclic) bond motifs is 1. The SMILES string of the molecule is O=C(Nc1ccc(Cl)cc1)n1c(-c2ccccc2)nc2ccccc21. The van der Waals surface area contributed by atoms with E-state index in [2.05, 4.69) is 10.3 Å². The Morgan fingerprint density at radius 2 is 1.56 bits per heavy atom. The molecule has 0 atom stereocenters. The van der Waals surface area contributed by atoms with Crippen molar-refractivity contribution in [2.75, 3.05) is 5.32 Å². The van der Waals surface area contributed by atoms with Crippen LogP contribution in [-0.4, -0.2) is 15.6 Å². The highest BCUT2D eigenvalue weighted by atomic mass is 35.5. The highest BCUT2D eigenvalue weighted by Crippen LogP contribution is 2.25. The Morgan fingerprint density at radius 1 is 0.880 bits per heavy atom. The minimum absolute atomic E-state index is 0.269. The number of halogens is 1. The molecule has 0 aliphatic rings. The Morgan fingerprint density at radius 3 is 2.32 bits per heavy atom. The second-order valence-electron chi connectivity index (χ2n) is 5.56. The fourth-order valence-corrected chi connectivity index (χ4v) is 2.85. The van der Waals surface area contributed by atoms with E-state index in [-0.39, 0.29) is 6.03 Å². The highest BCUT2D eigenvalue weighted by Gasteiger charge is 2.18. The number of hydrogen-bond acceptors (Lipinski definition) is 2. The molecule has 0 unspecified atom stereocenters. The normalized spacial score (nSPS) is 10.8. The molecule has 0 spiro atoms. The molecule has 1 heterocycles. The molecule has 0 saturated heterocycles. The molecule has 0 fully saturated rings. The van der Waals surface area contributed by atoms with Gasteiger partial charge in [-0.1, -0.05) is 54.1 Å². The molecule has 1 amide bonds. The maximum absolute atomic E-state index is 12.9. The molecule has 4 aromatic rings. The van der Waals surface area contributed by atoms with Crippen LogP contribution in [0.2, 0.25) is 5.02 Å². The number of anilines is 1. The standard InChI is InChI=1S/C20H14ClN3O/c21-15-10-12-16(13-11-15)22-20(25)24-18-9-5-4-8-17(18)23-19(24)14-6-2-1-3-7-14/h1-13H,(H,22,25). The number of imidazole rings is 1. The van der Waals surface area contributed by atoms with Crippen molar-refractivity contribution >= 4 is 34.4 Å². The molecule has 0 aliphatic heterocycles. The van der Waals surface area contributed by atoms with Crippen molar-refractivity contribution in [2.45, 2.75) is 0 Å². The molecule has 3 aromatic carbocycles. The lowest BCUT2D eigenvalue weighted by atomic mass is 10.2. The zero-order valence-corrected chi connectivity index (χ0v) is 13.9. The first kappa shape index (κ1) is 15.4. The van der Waals surface area contributed by atoms with Gasteiger partial charge in [0.15, 0.2) is 0 Å². The highest BCUT2D eigenvalue weighted by molar-refractivity contribution is 6.30. The van der Waals surface area contributed by atoms with Gasteiger partial charge in [0.25, 0.3) is 0 Å². The van der Waals surface area contributed by atoms with Crippen molar-refractivity contribution in [1.82, 2.24) is 9.55 Å². The molecule has 0 bridgehead atoms. The summed E-state index contributed by atoms with van der Waals surface area (Å²) in [5, 5.41) is 3.52. The van der Waals surface area contributed by atoms with Crippen LogP contribution in [0.3, 0.4) is 0 Å². The summed E-state index contributed by atoms with van der Waals surface area (Å²) in [6.07, 6.45) is 0. The van der Waals surface area contributed by atoms with Gasteiger partial charge >= 0.3 is 6.03 Å². The second-order valence-corrected chi connectivity index (χ2v) is 6.00. The number of carbonyl (C=O) groups excluding carboxylic acids is 1. The lowest BCUT2D eigenvalue weighted by Gasteiger charge is -2.10. The Balaban J connectivity index is 1.82. The van der Waals surface area contributed by atoms with Crippen molar-refractivity contribution in [2.24, 2.45) is 0 Å². The van der Waals surface area contributed by atoms with E-state index in [1.165, 1.54) is 0 Å². The molecule has 0 aliphatic carbocycles. The maximum atomic E-state index is 12.9. The first-order chi connectivity index (χ1) is 12.2. The van der Waals surface area contributed by atoms with E-state index in [1.807, 2.05) is 54.6 Å². The van der Waals surface area contributed by atoms with Crippen LogP contribution in [0.25, 0.3) is 22.4 Å².